The smallest absolute Gasteiger partial charge is 0.254 e. The van der Waals surface area contributed by atoms with Gasteiger partial charge in [0.05, 0.1) is 17.7 Å². The van der Waals surface area contributed by atoms with Gasteiger partial charge in [0.25, 0.3) is 11.8 Å². The number of primary amides is 3. The summed E-state index contributed by atoms with van der Waals surface area (Å²) in [5.41, 5.74) is 12.7. The van der Waals surface area contributed by atoms with Crippen LogP contribution in [0.3, 0.4) is 0 Å². The third-order valence-electron chi connectivity index (χ3n) is 1.57. The van der Waals surface area contributed by atoms with Crippen molar-refractivity contribution in [1.29, 1.82) is 10.5 Å². The quantitative estimate of drug-likeness (QED) is 0.267. The molecule has 8 heteroatoms. The molecule has 0 radical (unpaired) electrons. The van der Waals surface area contributed by atoms with Gasteiger partial charge in [-0.1, -0.05) is 0 Å². The summed E-state index contributed by atoms with van der Waals surface area (Å²) in [6.45, 7) is 0. The first-order valence-electron chi connectivity index (χ1n) is 3.79. The molecule has 0 heterocycles. The van der Waals surface area contributed by atoms with Crippen LogP contribution in [0.5, 0.6) is 0 Å². The Kier molecular flexibility index (Phi) is 4.20. The molecule has 82 valence electrons. The van der Waals surface area contributed by atoms with Crippen LogP contribution in [0.15, 0.2) is 11.1 Å². The van der Waals surface area contributed by atoms with E-state index < -0.39 is 34.8 Å². The normalized spacial score (nSPS) is 8.69. The molecule has 0 aliphatic rings. The zero-order valence-electron chi connectivity index (χ0n) is 7.93. The van der Waals surface area contributed by atoms with Crippen LogP contribution in [0.25, 0.3) is 0 Å². The zero-order chi connectivity index (χ0) is 12.9. The first-order chi connectivity index (χ1) is 7.36. The average Bonchev–Trinajstić information content (AvgIpc) is 2.16. The maximum absolute atomic E-state index is 11.0. The highest BCUT2D eigenvalue weighted by atomic mass is 16.2. The summed E-state index contributed by atoms with van der Waals surface area (Å²) >= 11 is 0. The Morgan fingerprint density at radius 2 is 1.25 bits per heavy atom. The second kappa shape index (κ2) is 5.12. The molecule has 0 aliphatic carbocycles. The third kappa shape index (κ3) is 2.56. The number of nitrogens with two attached hydrogens (primary N) is 3. The van der Waals surface area contributed by atoms with Gasteiger partial charge >= 0.3 is 0 Å². The van der Waals surface area contributed by atoms with E-state index in [1.165, 1.54) is 12.1 Å². The Hall–Kier alpha value is -2.87. The molecule has 0 fully saturated rings. The van der Waals surface area contributed by atoms with Crippen molar-refractivity contribution >= 4 is 17.7 Å². The second-order valence-corrected chi connectivity index (χ2v) is 2.57. The number of hydrogen-bond donors (Lipinski definition) is 3. The standard InChI is InChI=1S/C8H7N5O3/c9-1-3(2-10)4(6(11)14)5(7(12)15)8(13)16/h3H,(H2,11,14)(H2,12,15)(H2,13,16). The molecule has 0 spiro atoms. The van der Waals surface area contributed by atoms with Crippen molar-refractivity contribution in [1.82, 2.24) is 0 Å². The second-order valence-electron chi connectivity index (χ2n) is 2.57. The summed E-state index contributed by atoms with van der Waals surface area (Å²) in [7, 11) is 0. The van der Waals surface area contributed by atoms with E-state index >= 15 is 0 Å². The number of carbonyl (C=O) groups is 3. The predicted molar refractivity (Wildman–Crippen MR) is 49.3 cm³/mol. The van der Waals surface area contributed by atoms with E-state index in [4.69, 9.17) is 27.7 Å². The number of rotatable bonds is 4. The molecule has 8 nitrogen and oxygen atoms in total. The Labute approximate surface area is 89.9 Å². The average molecular weight is 221 g/mol. The lowest BCUT2D eigenvalue weighted by Crippen LogP contribution is -2.33. The van der Waals surface area contributed by atoms with Crippen molar-refractivity contribution in [2.24, 2.45) is 23.1 Å². The summed E-state index contributed by atoms with van der Waals surface area (Å²) in [6, 6.07) is 2.78. The van der Waals surface area contributed by atoms with E-state index in [1.807, 2.05) is 0 Å². The number of nitrogens with zero attached hydrogens (tertiary/aromatic N) is 2. The summed E-state index contributed by atoms with van der Waals surface area (Å²) < 4.78 is 0. The van der Waals surface area contributed by atoms with Crippen LogP contribution in [0.2, 0.25) is 0 Å². The zero-order valence-corrected chi connectivity index (χ0v) is 7.93. The number of nitriles is 2. The fourth-order valence-corrected chi connectivity index (χ4v) is 0.955. The van der Waals surface area contributed by atoms with Crippen LogP contribution >= 0.6 is 0 Å². The molecule has 0 bridgehead atoms. The minimum absolute atomic E-state index is 0.787. The first-order valence-corrected chi connectivity index (χ1v) is 3.79. The molecule has 0 atom stereocenters. The van der Waals surface area contributed by atoms with Crippen molar-refractivity contribution < 1.29 is 14.4 Å². The van der Waals surface area contributed by atoms with Crippen molar-refractivity contribution in [3.8, 4) is 12.1 Å². The van der Waals surface area contributed by atoms with Crippen LogP contribution in [0.4, 0.5) is 0 Å². The molecule has 0 saturated carbocycles. The molecule has 0 saturated heterocycles. The molecular formula is C8H7N5O3. The van der Waals surface area contributed by atoms with Crippen LogP contribution in [-0.4, -0.2) is 17.7 Å². The monoisotopic (exact) mass is 221 g/mol. The van der Waals surface area contributed by atoms with Crippen molar-refractivity contribution in [2.75, 3.05) is 0 Å². The summed E-state index contributed by atoms with van der Waals surface area (Å²) in [4.78, 5) is 32.7. The highest BCUT2D eigenvalue weighted by Crippen LogP contribution is 2.14. The van der Waals surface area contributed by atoms with Gasteiger partial charge < -0.3 is 17.2 Å². The van der Waals surface area contributed by atoms with E-state index in [9.17, 15) is 14.4 Å². The van der Waals surface area contributed by atoms with Crippen molar-refractivity contribution in [3.05, 3.63) is 11.1 Å². The Morgan fingerprint density at radius 3 is 1.44 bits per heavy atom. The van der Waals surface area contributed by atoms with Crippen LogP contribution in [0, 0.1) is 28.6 Å². The van der Waals surface area contributed by atoms with Gasteiger partial charge in [-0.2, -0.15) is 10.5 Å². The highest BCUT2D eigenvalue weighted by molar-refractivity contribution is 6.22. The first kappa shape index (κ1) is 13.1. The molecular weight excluding hydrogens is 214 g/mol. The topological polar surface area (TPSA) is 177 Å². The molecule has 0 aliphatic heterocycles. The van der Waals surface area contributed by atoms with Crippen LogP contribution < -0.4 is 17.2 Å². The fraction of sp³-hybridized carbons (Fsp3) is 0.125. The largest absolute Gasteiger partial charge is 0.366 e. The lowest BCUT2D eigenvalue weighted by molar-refractivity contribution is -0.122. The molecule has 0 unspecified atom stereocenters. The third-order valence-corrected chi connectivity index (χ3v) is 1.57. The van der Waals surface area contributed by atoms with Gasteiger partial charge in [-0.3, -0.25) is 14.4 Å². The molecule has 0 aromatic rings. The maximum atomic E-state index is 11.0. The number of carbonyl (C=O) groups excluding carboxylic acids is 3. The van der Waals surface area contributed by atoms with E-state index in [0.717, 1.165) is 0 Å². The van der Waals surface area contributed by atoms with Gasteiger partial charge in [0.15, 0.2) is 5.92 Å². The van der Waals surface area contributed by atoms with Crippen molar-refractivity contribution in [2.45, 2.75) is 0 Å². The van der Waals surface area contributed by atoms with E-state index in [2.05, 4.69) is 0 Å². The lowest BCUT2D eigenvalue weighted by Gasteiger charge is -2.07. The summed E-state index contributed by atoms with van der Waals surface area (Å²) in [5, 5.41) is 17.1. The number of hydrogen-bond acceptors (Lipinski definition) is 5. The van der Waals surface area contributed by atoms with Gasteiger partial charge in [0.2, 0.25) is 5.91 Å². The van der Waals surface area contributed by atoms with Crippen LogP contribution in [0.1, 0.15) is 0 Å². The van der Waals surface area contributed by atoms with Crippen LogP contribution in [-0.2, 0) is 14.4 Å². The van der Waals surface area contributed by atoms with Gasteiger partial charge in [0, 0.05) is 0 Å². The Balaban J connectivity index is 6.03. The molecule has 0 aromatic carbocycles. The molecule has 16 heavy (non-hydrogen) atoms. The maximum Gasteiger partial charge on any atom is 0.254 e. The highest BCUT2D eigenvalue weighted by Gasteiger charge is 2.28. The van der Waals surface area contributed by atoms with E-state index in [1.54, 1.807) is 0 Å². The van der Waals surface area contributed by atoms with Gasteiger partial charge in [0.1, 0.15) is 5.57 Å². The fourth-order valence-electron chi connectivity index (χ4n) is 0.955. The lowest BCUT2D eigenvalue weighted by atomic mass is 9.95. The molecule has 0 rings (SSSR count). The number of amides is 3. The minimum Gasteiger partial charge on any atom is -0.366 e. The summed E-state index contributed by atoms with van der Waals surface area (Å²) in [5.74, 6) is -5.60. The van der Waals surface area contributed by atoms with Gasteiger partial charge in [-0.05, 0) is 0 Å². The molecule has 6 N–H and O–H groups in total. The molecule has 3 amide bonds. The van der Waals surface area contributed by atoms with Crippen molar-refractivity contribution in [3.63, 3.8) is 0 Å². The van der Waals surface area contributed by atoms with Gasteiger partial charge in [-0.25, -0.2) is 0 Å². The van der Waals surface area contributed by atoms with E-state index in [0.29, 0.717) is 0 Å². The SMILES string of the molecule is N#CC(C#N)C(C(N)=O)=C(C(N)=O)C(N)=O. The van der Waals surface area contributed by atoms with E-state index in [-0.39, 0.29) is 0 Å². The summed E-state index contributed by atoms with van der Waals surface area (Å²) in [6.07, 6.45) is 0. The predicted octanol–water partition coefficient (Wildman–Crippen LogP) is -2.60. The minimum atomic E-state index is -1.67. The van der Waals surface area contributed by atoms with Gasteiger partial charge in [-0.15, -0.1) is 0 Å². The molecule has 0 aromatic heterocycles. The Morgan fingerprint density at radius 1 is 0.875 bits per heavy atom. The Bertz CT molecular complexity index is 435.